The van der Waals surface area contributed by atoms with Crippen LogP contribution in [0.15, 0.2) is 6.20 Å². The van der Waals surface area contributed by atoms with Crippen molar-refractivity contribution >= 4 is 23.4 Å². The van der Waals surface area contributed by atoms with Gasteiger partial charge in [0.1, 0.15) is 12.2 Å². The van der Waals surface area contributed by atoms with Crippen LogP contribution in [-0.4, -0.2) is 40.4 Å². The van der Waals surface area contributed by atoms with E-state index >= 15 is 0 Å². The predicted molar refractivity (Wildman–Crippen MR) is 79.2 cm³/mol. The van der Waals surface area contributed by atoms with E-state index in [-0.39, 0.29) is 23.4 Å². The summed E-state index contributed by atoms with van der Waals surface area (Å²) >= 11 is 0. The summed E-state index contributed by atoms with van der Waals surface area (Å²) in [7, 11) is 1.60. The Labute approximate surface area is 122 Å². The molecule has 1 aromatic heterocycles. The Morgan fingerprint density at radius 3 is 2.62 bits per heavy atom. The maximum Gasteiger partial charge on any atom is 0.329 e. The number of hydrogen-bond donors (Lipinski definition) is 3. The maximum atomic E-state index is 11.9. The standard InChI is InChI=1S/C12H20N6O3/c1-7(2)5-14-11(19)8(3)16-10-9(18(20)21)6-15-12(13-4)17-10/h6-8H,5H2,1-4H3,(H,14,19)(H2,13,15,16,17). The van der Waals surface area contributed by atoms with Gasteiger partial charge in [-0.15, -0.1) is 0 Å². The van der Waals surface area contributed by atoms with E-state index in [9.17, 15) is 14.9 Å². The van der Waals surface area contributed by atoms with Crippen molar-refractivity contribution in [2.75, 3.05) is 24.2 Å². The molecule has 0 aliphatic rings. The van der Waals surface area contributed by atoms with Crippen LogP contribution in [0.2, 0.25) is 0 Å². The molecule has 21 heavy (non-hydrogen) atoms. The Morgan fingerprint density at radius 1 is 1.43 bits per heavy atom. The molecule has 1 heterocycles. The number of rotatable bonds is 7. The summed E-state index contributed by atoms with van der Waals surface area (Å²) in [5, 5.41) is 19.1. The molecule has 0 radical (unpaired) electrons. The second-order valence-corrected chi connectivity index (χ2v) is 4.94. The van der Waals surface area contributed by atoms with Crippen molar-refractivity contribution in [3.8, 4) is 0 Å². The van der Waals surface area contributed by atoms with E-state index in [0.717, 1.165) is 6.20 Å². The zero-order chi connectivity index (χ0) is 16.0. The Bertz CT molecular complexity index is 520. The molecular formula is C12H20N6O3. The van der Waals surface area contributed by atoms with Gasteiger partial charge in [0.25, 0.3) is 0 Å². The lowest BCUT2D eigenvalue weighted by Gasteiger charge is -2.15. The van der Waals surface area contributed by atoms with Crippen molar-refractivity contribution in [2.45, 2.75) is 26.8 Å². The molecule has 0 aliphatic carbocycles. The SMILES string of the molecule is CNc1ncc([N+](=O)[O-])c(NC(C)C(=O)NCC(C)C)n1. The summed E-state index contributed by atoms with van der Waals surface area (Å²) in [5.41, 5.74) is -0.280. The molecule has 1 atom stereocenters. The minimum Gasteiger partial charge on any atom is -0.357 e. The third-order valence-corrected chi connectivity index (χ3v) is 2.62. The van der Waals surface area contributed by atoms with Crippen molar-refractivity contribution in [1.82, 2.24) is 15.3 Å². The lowest BCUT2D eigenvalue weighted by molar-refractivity contribution is -0.384. The highest BCUT2D eigenvalue weighted by Crippen LogP contribution is 2.22. The van der Waals surface area contributed by atoms with E-state index in [1.54, 1.807) is 14.0 Å². The van der Waals surface area contributed by atoms with E-state index in [2.05, 4.69) is 25.9 Å². The van der Waals surface area contributed by atoms with E-state index in [0.29, 0.717) is 12.5 Å². The Kier molecular flexibility index (Phi) is 5.82. The molecule has 0 spiro atoms. The quantitative estimate of drug-likeness (QED) is 0.506. The summed E-state index contributed by atoms with van der Waals surface area (Å²) in [6, 6.07) is -0.651. The molecule has 116 valence electrons. The first-order valence-corrected chi connectivity index (χ1v) is 6.58. The number of nitro groups is 1. The van der Waals surface area contributed by atoms with Gasteiger partial charge in [-0.05, 0) is 12.8 Å². The second-order valence-electron chi connectivity index (χ2n) is 4.94. The summed E-state index contributed by atoms with van der Waals surface area (Å²) in [4.78, 5) is 30.0. The summed E-state index contributed by atoms with van der Waals surface area (Å²) in [5.74, 6) is 0.317. The van der Waals surface area contributed by atoms with Crippen LogP contribution in [0.4, 0.5) is 17.5 Å². The lowest BCUT2D eigenvalue weighted by atomic mass is 10.2. The molecule has 1 rings (SSSR count). The molecule has 0 saturated carbocycles. The van der Waals surface area contributed by atoms with Crippen molar-refractivity contribution < 1.29 is 9.72 Å². The van der Waals surface area contributed by atoms with Gasteiger partial charge >= 0.3 is 5.69 Å². The van der Waals surface area contributed by atoms with Gasteiger partial charge in [-0.25, -0.2) is 4.98 Å². The van der Waals surface area contributed by atoms with Crippen LogP contribution in [0, 0.1) is 16.0 Å². The van der Waals surface area contributed by atoms with Crippen LogP contribution >= 0.6 is 0 Å². The Hall–Kier alpha value is -2.45. The monoisotopic (exact) mass is 296 g/mol. The smallest absolute Gasteiger partial charge is 0.329 e. The highest BCUT2D eigenvalue weighted by atomic mass is 16.6. The molecule has 1 aromatic rings. The van der Waals surface area contributed by atoms with Crippen LogP contribution in [0.3, 0.4) is 0 Å². The summed E-state index contributed by atoms with van der Waals surface area (Å²) in [6.45, 7) is 6.11. The third-order valence-electron chi connectivity index (χ3n) is 2.62. The lowest BCUT2D eigenvalue weighted by Crippen LogP contribution is -2.39. The van der Waals surface area contributed by atoms with E-state index in [4.69, 9.17) is 0 Å². The predicted octanol–water partition coefficient (Wildman–Crippen LogP) is 0.999. The highest BCUT2D eigenvalue weighted by Gasteiger charge is 2.21. The number of hydrogen-bond acceptors (Lipinski definition) is 7. The van der Waals surface area contributed by atoms with Crippen molar-refractivity contribution in [2.24, 2.45) is 5.92 Å². The van der Waals surface area contributed by atoms with Gasteiger partial charge in [0.05, 0.1) is 4.92 Å². The number of amides is 1. The summed E-state index contributed by atoms with van der Waals surface area (Å²) < 4.78 is 0. The number of aromatic nitrogens is 2. The fourth-order valence-electron chi connectivity index (χ4n) is 1.46. The van der Waals surface area contributed by atoms with Gasteiger partial charge in [-0.1, -0.05) is 13.8 Å². The fraction of sp³-hybridized carbons (Fsp3) is 0.583. The number of anilines is 2. The first-order valence-electron chi connectivity index (χ1n) is 6.58. The second kappa shape index (κ2) is 7.36. The molecule has 0 saturated heterocycles. The number of nitrogens with one attached hydrogen (secondary N) is 3. The molecule has 0 fully saturated rings. The van der Waals surface area contributed by atoms with Crippen molar-refractivity contribution in [3.05, 3.63) is 16.3 Å². The van der Waals surface area contributed by atoms with Crippen LogP contribution < -0.4 is 16.0 Å². The van der Waals surface area contributed by atoms with E-state index < -0.39 is 11.0 Å². The van der Waals surface area contributed by atoms with Gasteiger partial charge in [-0.2, -0.15) is 4.98 Å². The molecule has 9 heteroatoms. The first kappa shape index (κ1) is 16.6. The van der Waals surface area contributed by atoms with Crippen LogP contribution in [-0.2, 0) is 4.79 Å². The van der Waals surface area contributed by atoms with Gasteiger partial charge in [0, 0.05) is 13.6 Å². The van der Waals surface area contributed by atoms with Gasteiger partial charge in [0.2, 0.25) is 17.7 Å². The number of carbonyl (C=O) groups is 1. The molecule has 0 aromatic carbocycles. The molecule has 0 bridgehead atoms. The number of nitrogens with zero attached hydrogens (tertiary/aromatic N) is 3. The summed E-state index contributed by atoms with van der Waals surface area (Å²) in [6.07, 6.45) is 1.10. The Balaban J connectivity index is 2.85. The first-order chi connectivity index (χ1) is 9.85. The van der Waals surface area contributed by atoms with Gasteiger partial charge in [0.15, 0.2) is 0 Å². The molecule has 1 amide bonds. The van der Waals surface area contributed by atoms with E-state index in [1.807, 2.05) is 13.8 Å². The van der Waals surface area contributed by atoms with E-state index in [1.165, 1.54) is 0 Å². The molecule has 0 aliphatic heterocycles. The van der Waals surface area contributed by atoms with Crippen molar-refractivity contribution in [1.29, 1.82) is 0 Å². The topological polar surface area (TPSA) is 122 Å². The molecule has 9 nitrogen and oxygen atoms in total. The third kappa shape index (κ3) is 4.86. The van der Waals surface area contributed by atoms with Crippen LogP contribution in [0.25, 0.3) is 0 Å². The normalized spacial score (nSPS) is 11.9. The molecule has 3 N–H and O–H groups in total. The highest BCUT2D eigenvalue weighted by molar-refractivity contribution is 5.84. The van der Waals surface area contributed by atoms with Crippen LogP contribution in [0.5, 0.6) is 0 Å². The van der Waals surface area contributed by atoms with Crippen molar-refractivity contribution in [3.63, 3.8) is 0 Å². The molecule has 1 unspecified atom stereocenters. The zero-order valence-corrected chi connectivity index (χ0v) is 12.5. The Morgan fingerprint density at radius 2 is 2.10 bits per heavy atom. The minimum absolute atomic E-state index is 0.00606. The van der Waals surface area contributed by atoms with Gasteiger partial charge in [-0.3, -0.25) is 14.9 Å². The maximum absolute atomic E-state index is 11.9. The van der Waals surface area contributed by atoms with Crippen LogP contribution in [0.1, 0.15) is 20.8 Å². The minimum atomic E-state index is -0.651. The average Bonchev–Trinajstić information content (AvgIpc) is 2.43. The molecular weight excluding hydrogens is 276 g/mol. The average molecular weight is 296 g/mol. The number of carbonyl (C=O) groups excluding carboxylic acids is 1. The van der Waals surface area contributed by atoms with Gasteiger partial charge < -0.3 is 16.0 Å². The fourth-order valence-corrected chi connectivity index (χ4v) is 1.46. The largest absolute Gasteiger partial charge is 0.357 e. The zero-order valence-electron chi connectivity index (χ0n) is 12.5.